The van der Waals surface area contributed by atoms with Crippen molar-refractivity contribution in [2.75, 3.05) is 14.1 Å². The Morgan fingerprint density at radius 3 is 2.14 bits per heavy atom. The van der Waals surface area contributed by atoms with E-state index in [9.17, 15) is 9.59 Å². The molecule has 0 aromatic rings. The molecule has 0 fully saturated rings. The van der Waals surface area contributed by atoms with Gasteiger partial charge < -0.3 is 14.4 Å². The van der Waals surface area contributed by atoms with Gasteiger partial charge in [0.05, 0.1) is 0 Å². The minimum atomic E-state index is -0.908. The molecule has 0 aliphatic carbocycles. The van der Waals surface area contributed by atoms with Crippen LogP contribution in [0.15, 0.2) is 12.2 Å². The third-order valence-corrected chi connectivity index (χ3v) is 1.25. The van der Waals surface area contributed by atoms with Gasteiger partial charge in [0.25, 0.3) is 0 Å². The summed E-state index contributed by atoms with van der Waals surface area (Å²) in [4.78, 5) is 23.2. The Balaban J connectivity index is 3.99. The Morgan fingerprint density at radius 2 is 1.79 bits per heavy atom. The third-order valence-electron chi connectivity index (χ3n) is 1.25. The zero-order valence-electron chi connectivity index (χ0n) is 8.86. The number of hydrogen-bond acceptors (Lipinski definition) is 4. The molecule has 0 aromatic carbocycles. The summed E-state index contributed by atoms with van der Waals surface area (Å²) in [7, 11) is 3.07. The normalized spacial score (nSPS) is 11.4. The Kier molecular flexibility index (Phi) is 4.69. The van der Waals surface area contributed by atoms with Gasteiger partial charge in [-0.05, 0) is 6.92 Å². The van der Waals surface area contributed by atoms with Gasteiger partial charge in [0.1, 0.15) is 0 Å². The lowest BCUT2D eigenvalue weighted by Gasteiger charge is -2.16. The van der Waals surface area contributed by atoms with Crippen molar-refractivity contribution in [3.63, 3.8) is 0 Å². The molecule has 0 radical (unpaired) electrons. The Labute approximate surface area is 83.3 Å². The second-order valence-corrected chi connectivity index (χ2v) is 3.03. The average molecular weight is 201 g/mol. The van der Waals surface area contributed by atoms with Crippen molar-refractivity contribution < 1.29 is 19.1 Å². The average Bonchev–Trinajstić information content (AvgIpc) is 2.03. The number of ether oxygens (including phenoxy) is 2. The fraction of sp³-hybridized carbons (Fsp3) is 0.556. The standard InChI is InChI=1S/C9H15NO4/c1-6(2)8(11)13-7(3)14-9(12)10(4)5/h7H,1H2,2-5H3. The lowest BCUT2D eigenvalue weighted by atomic mass is 10.4. The van der Waals surface area contributed by atoms with Crippen molar-refractivity contribution >= 4 is 12.1 Å². The molecular formula is C9H15NO4. The first-order valence-corrected chi connectivity index (χ1v) is 4.09. The van der Waals surface area contributed by atoms with Crippen LogP contribution in [0.3, 0.4) is 0 Å². The molecule has 0 N–H and O–H groups in total. The first-order valence-electron chi connectivity index (χ1n) is 4.09. The number of carbonyl (C=O) groups is 2. The molecule has 80 valence electrons. The van der Waals surface area contributed by atoms with Crippen LogP contribution >= 0.6 is 0 Å². The summed E-state index contributed by atoms with van der Waals surface area (Å²) in [6.07, 6.45) is -1.47. The number of carbonyl (C=O) groups excluding carboxylic acids is 2. The molecule has 0 aromatic heterocycles. The van der Waals surface area contributed by atoms with Gasteiger partial charge in [0.15, 0.2) is 0 Å². The maximum absolute atomic E-state index is 11.0. The molecule has 0 heterocycles. The minimum absolute atomic E-state index is 0.262. The van der Waals surface area contributed by atoms with Crippen molar-refractivity contribution in [2.45, 2.75) is 20.1 Å². The van der Waals surface area contributed by atoms with Crippen molar-refractivity contribution in [1.29, 1.82) is 0 Å². The highest BCUT2D eigenvalue weighted by atomic mass is 16.7. The van der Waals surface area contributed by atoms with Gasteiger partial charge in [-0.3, -0.25) is 0 Å². The summed E-state index contributed by atoms with van der Waals surface area (Å²) < 4.78 is 9.46. The van der Waals surface area contributed by atoms with Gasteiger partial charge in [-0.1, -0.05) is 6.58 Å². The Hall–Kier alpha value is -1.52. The number of amides is 1. The summed E-state index contributed by atoms with van der Waals surface area (Å²) >= 11 is 0. The Bertz CT molecular complexity index is 247. The highest BCUT2D eigenvalue weighted by molar-refractivity contribution is 5.87. The second kappa shape index (κ2) is 5.26. The molecule has 14 heavy (non-hydrogen) atoms. The maximum Gasteiger partial charge on any atom is 0.412 e. The number of rotatable bonds is 3. The van der Waals surface area contributed by atoms with Crippen LogP contribution in [0.2, 0.25) is 0 Å². The van der Waals surface area contributed by atoms with Crippen LogP contribution in [0.25, 0.3) is 0 Å². The van der Waals surface area contributed by atoms with Crippen LogP contribution in [0.4, 0.5) is 4.79 Å². The molecule has 0 rings (SSSR count). The van der Waals surface area contributed by atoms with Gasteiger partial charge in [0, 0.05) is 26.6 Å². The summed E-state index contributed by atoms with van der Waals surface area (Å²) in [5.74, 6) is -0.580. The molecule has 1 unspecified atom stereocenters. The van der Waals surface area contributed by atoms with Crippen LogP contribution in [-0.2, 0) is 14.3 Å². The molecule has 0 spiro atoms. The quantitative estimate of drug-likeness (QED) is 0.390. The molecule has 0 saturated carbocycles. The third kappa shape index (κ3) is 4.49. The van der Waals surface area contributed by atoms with Crippen molar-refractivity contribution in [3.8, 4) is 0 Å². The van der Waals surface area contributed by atoms with E-state index in [1.807, 2.05) is 0 Å². The van der Waals surface area contributed by atoms with Crippen LogP contribution in [0.1, 0.15) is 13.8 Å². The number of esters is 1. The van der Waals surface area contributed by atoms with E-state index in [1.165, 1.54) is 32.8 Å². The van der Waals surface area contributed by atoms with Crippen molar-refractivity contribution in [3.05, 3.63) is 12.2 Å². The van der Waals surface area contributed by atoms with E-state index in [1.54, 1.807) is 0 Å². The lowest BCUT2D eigenvalue weighted by molar-refractivity contribution is -0.160. The van der Waals surface area contributed by atoms with Crippen LogP contribution in [0, 0.1) is 0 Å². The highest BCUT2D eigenvalue weighted by Crippen LogP contribution is 2.01. The Morgan fingerprint density at radius 1 is 1.29 bits per heavy atom. The molecule has 0 aliphatic heterocycles. The zero-order valence-corrected chi connectivity index (χ0v) is 8.86. The molecule has 1 amide bonds. The summed E-state index contributed by atoms with van der Waals surface area (Å²) in [6.45, 7) is 6.37. The first-order chi connectivity index (χ1) is 6.34. The first kappa shape index (κ1) is 12.5. The second-order valence-electron chi connectivity index (χ2n) is 3.03. The van der Waals surface area contributed by atoms with Gasteiger partial charge >= 0.3 is 12.1 Å². The molecule has 5 heteroatoms. The summed E-state index contributed by atoms with van der Waals surface area (Å²) in [5.41, 5.74) is 0.262. The maximum atomic E-state index is 11.0. The fourth-order valence-corrected chi connectivity index (χ4v) is 0.523. The molecule has 0 bridgehead atoms. The number of nitrogens with zero attached hydrogens (tertiary/aromatic N) is 1. The van der Waals surface area contributed by atoms with Gasteiger partial charge in [0.2, 0.25) is 6.29 Å². The lowest BCUT2D eigenvalue weighted by Crippen LogP contribution is -2.29. The molecule has 0 aliphatic rings. The summed E-state index contributed by atoms with van der Waals surface area (Å²) in [6, 6.07) is 0. The van der Waals surface area contributed by atoms with E-state index >= 15 is 0 Å². The van der Waals surface area contributed by atoms with E-state index in [0.29, 0.717) is 0 Å². The largest absolute Gasteiger partial charge is 0.422 e. The summed E-state index contributed by atoms with van der Waals surface area (Å²) in [5, 5.41) is 0. The van der Waals surface area contributed by atoms with E-state index in [2.05, 4.69) is 6.58 Å². The van der Waals surface area contributed by atoms with Crippen molar-refractivity contribution in [2.24, 2.45) is 0 Å². The molecule has 1 atom stereocenters. The van der Waals surface area contributed by atoms with Crippen molar-refractivity contribution in [1.82, 2.24) is 4.90 Å². The molecular weight excluding hydrogens is 186 g/mol. The topological polar surface area (TPSA) is 55.8 Å². The molecule has 0 saturated heterocycles. The fourth-order valence-electron chi connectivity index (χ4n) is 0.523. The van der Waals surface area contributed by atoms with Gasteiger partial charge in [-0.25, -0.2) is 9.59 Å². The highest BCUT2D eigenvalue weighted by Gasteiger charge is 2.15. The number of hydrogen-bond donors (Lipinski definition) is 0. The van der Waals surface area contributed by atoms with E-state index in [4.69, 9.17) is 9.47 Å². The van der Waals surface area contributed by atoms with E-state index in [0.717, 1.165) is 0 Å². The predicted octanol–water partition coefficient (Wildman–Crippen LogP) is 1.15. The minimum Gasteiger partial charge on any atom is -0.422 e. The van der Waals surface area contributed by atoms with E-state index in [-0.39, 0.29) is 5.57 Å². The SMILES string of the molecule is C=C(C)C(=O)OC(C)OC(=O)N(C)C. The smallest absolute Gasteiger partial charge is 0.412 e. The monoisotopic (exact) mass is 201 g/mol. The van der Waals surface area contributed by atoms with Crippen LogP contribution < -0.4 is 0 Å². The van der Waals surface area contributed by atoms with Gasteiger partial charge in [-0.15, -0.1) is 0 Å². The molecule has 5 nitrogen and oxygen atoms in total. The van der Waals surface area contributed by atoms with Crippen LogP contribution in [0.5, 0.6) is 0 Å². The van der Waals surface area contributed by atoms with E-state index < -0.39 is 18.4 Å². The zero-order chi connectivity index (χ0) is 11.3. The van der Waals surface area contributed by atoms with Crippen LogP contribution in [-0.4, -0.2) is 37.3 Å². The predicted molar refractivity (Wildman–Crippen MR) is 50.5 cm³/mol. The van der Waals surface area contributed by atoms with Gasteiger partial charge in [-0.2, -0.15) is 0 Å².